The normalized spacial score (nSPS) is 14.3. The molecule has 0 radical (unpaired) electrons. The van der Waals surface area contributed by atoms with Crippen LogP contribution < -0.4 is 16.0 Å². The number of halogens is 1. The molecule has 3 rings (SSSR count). The van der Waals surface area contributed by atoms with Gasteiger partial charge in [0.1, 0.15) is 12.2 Å². The van der Waals surface area contributed by atoms with Gasteiger partial charge in [0.2, 0.25) is 5.91 Å². The van der Waals surface area contributed by atoms with Gasteiger partial charge in [0.15, 0.2) is 5.96 Å². The maximum absolute atomic E-state index is 12.3. The quantitative estimate of drug-likeness (QED) is 0.302. The highest BCUT2D eigenvalue weighted by Crippen LogP contribution is 2.26. The van der Waals surface area contributed by atoms with Crippen LogP contribution in [-0.4, -0.2) is 33.2 Å². The van der Waals surface area contributed by atoms with E-state index in [4.69, 9.17) is 0 Å². The molecule has 2 aromatic rings. The van der Waals surface area contributed by atoms with Gasteiger partial charge < -0.3 is 16.0 Å². The molecule has 1 amide bonds. The maximum atomic E-state index is 12.3. The van der Waals surface area contributed by atoms with Crippen molar-refractivity contribution in [2.24, 2.45) is 18.0 Å². The molecule has 158 valence electrons. The van der Waals surface area contributed by atoms with Crippen molar-refractivity contribution in [2.45, 2.75) is 45.7 Å². The minimum Gasteiger partial charge on any atom is -0.357 e. The number of carbonyl (C=O) groups is 1. The lowest BCUT2D eigenvalue weighted by molar-refractivity contribution is -0.119. The number of benzene rings is 1. The first kappa shape index (κ1) is 23.1. The second-order valence-corrected chi connectivity index (χ2v) is 7.02. The molecule has 1 aromatic heterocycles. The van der Waals surface area contributed by atoms with Gasteiger partial charge in [-0.2, -0.15) is 5.10 Å². The summed E-state index contributed by atoms with van der Waals surface area (Å²) in [5, 5.41) is 13.6. The SMILES string of the molecule is CCNC(=NCc1cccc(NC(=O)C2CCCC2)c1)NCc1ncnn1C.I. The number of aromatic nitrogens is 3. The number of hydrogen-bond donors (Lipinski definition) is 3. The highest BCUT2D eigenvalue weighted by molar-refractivity contribution is 14.0. The van der Waals surface area contributed by atoms with Crippen molar-refractivity contribution in [1.82, 2.24) is 25.4 Å². The van der Waals surface area contributed by atoms with E-state index in [1.807, 2.05) is 38.2 Å². The number of hydrogen-bond acceptors (Lipinski definition) is 4. The number of nitrogens with one attached hydrogen (secondary N) is 3. The largest absolute Gasteiger partial charge is 0.357 e. The molecule has 8 nitrogen and oxygen atoms in total. The zero-order valence-electron chi connectivity index (χ0n) is 17.0. The third-order valence-electron chi connectivity index (χ3n) is 4.90. The van der Waals surface area contributed by atoms with Crippen LogP contribution in [0.4, 0.5) is 5.69 Å². The van der Waals surface area contributed by atoms with Gasteiger partial charge in [0, 0.05) is 25.2 Å². The Hall–Kier alpha value is -2.17. The molecule has 3 N–H and O–H groups in total. The van der Waals surface area contributed by atoms with E-state index >= 15 is 0 Å². The van der Waals surface area contributed by atoms with Gasteiger partial charge in [0.05, 0.1) is 13.1 Å². The van der Waals surface area contributed by atoms with Crippen molar-refractivity contribution in [2.75, 3.05) is 11.9 Å². The summed E-state index contributed by atoms with van der Waals surface area (Å²) in [5.41, 5.74) is 1.88. The van der Waals surface area contributed by atoms with Crippen LogP contribution in [-0.2, 0) is 24.9 Å². The van der Waals surface area contributed by atoms with Gasteiger partial charge in [-0.3, -0.25) is 9.48 Å². The van der Waals surface area contributed by atoms with Crippen molar-refractivity contribution >= 4 is 41.5 Å². The lowest BCUT2D eigenvalue weighted by Gasteiger charge is -2.12. The second kappa shape index (κ2) is 11.7. The van der Waals surface area contributed by atoms with Gasteiger partial charge in [-0.05, 0) is 37.5 Å². The first-order valence-corrected chi connectivity index (χ1v) is 9.90. The van der Waals surface area contributed by atoms with Gasteiger partial charge in [-0.15, -0.1) is 24.0 Å². The highest BCUT2D eigenvalue weighted by Gasteiger charge is 2.22. The smallest absolute Gasteiger partial charge is 0.227 e. The number of nitrogens with zero attached hydrogens (tertiary/aromatic N) is 4. The third kappa shape index (κ3) is 6.98. The zero-order chi connectivity index (χ0) is 19.8. The average molecular weight is 511 g/mol. The van der Waals surface area contributed by atoms with Crippen molar-refractivity contribution < 1.29 is 4.79 Å². The van der Waals surface area contributed by atoms with E-state index in [2.05, 4.69) is 31.0 Å². The summed E-state index contributed by atoms with van der Waals surface area (Å²) >= 11 is 0. The van der Waals surface area contributed by atoms with Crippen LogP contribution in [0.25, 0.3) is 0 Å². The van der Waals surface area contributed by atoms with E-state index in [-0.39, 0.29) is 35.8 Å². The zero-order valence-corrected chi connectivity index (χ0v) is 19.3. The molecule has 1 fully saturated rings. The molecule has 0 saturated heterocycles. The summed E-state index contributed by atoms with van der Waals surface area (Å²) in [6.45, 7) is 3.85. The molecule has 1 aliphatic rings. The van der Waals surface area contributed by atoms with Crippen molar-refractivity contribution in [1.29, 1.82) is 0 Å². The summed E-state index contributed by atoms with van der Waals surface area (Å²) in [5.74, 6) is 1.84. The lowest BCUT2D eigenvalue weighted by Crippen LogP contribution is -2.37. The van der Waals surface area contributed by atoms with Gasteiger partial charge in [-0.25, -0.2) is 9.98 Å². The Labute approximate surface area is 189 Å². The number of rotatable bonds is 7. The number of amides is 1. The van der Waals surface area contributed by atoms with Crippen LogP contribution in [0.5, 0.6) is 0 Å². The van der Waals surface area contributed by atoms with Crippen molar-refractivity contribution in [3.8, 4) is 0 Å². The van der Waals surface area contributed by atoms with E-state index < -0.39 is 0 Å². The summed E-state index contributed by atoms with van der Waals surface area (Å²) in [6, 6.07) is 7.89. The molecule has 0 spiro atoms. The van der Waals surface area contributed by atoms with E-state index in [9.17, 15) is 4.79 Å². The first-order chi connectivity index (χ1) is 13.7. The van der Waals surface area contributed by atoms with E-state index in [0.29, 0.717) is 19.0 Å². The summed E-state index contributed by atoms with van der Waals surface area (Å²) < 4.78 is 1.73. The highest BCUT2D eigenvalue weighted by atomic mass is 127. The molecule has 0 atom stereocenters. The fraction of sp³-hybridized carbons (Fsp3) is 0.500. The van der Waals surface area contributed by atoms with E-state index in [0.717, 1.165) is 49.3 Å². The van der Waals surface area contributed by atoms with E-state index in [1.165, 1.54) is 6.33 Å². The predicted octanol–water partition coefficient (Wildman–Crippen LogP) is 2.82. The standard InChI is InChI=1S/C20H29N7O.HI/c1-3-21-20(23-13-18-24-14-25-27(18)2)22-12-15-7-6-10-17(11-15)26-19(28)16-8-4-5-9-16;/h6-7,10-11,14,16H,3-5,8-9,12-13H2,1-2H3,(H,26,28)(H2,21,22,23);1H. The second-order valence-electron chi connectivity index (χ2n) is 7.02. The van der Waals surface area contributed by atoms with Crippen molar-refractivity contribution in [3.63, 3.8) is 0 Å². The van der Waals surface area contributed by atoms with Crippen LogP contribution in [0, 0.1) is 5.92 Å². The van der Waals surface area contributed by atoms with Crippen LogP contribution >= 0.6 is 24.0 Å². The molecular formula is C20H30IN7O. The lowest BCUT2D eigenvalue weighted by atomic mass is 10.1. The van der Waals surface area contributed by atoms with Crippen LogP contribution in [0.15, 0.2) is 35.6 Å². The molecule has 1 saturated carbocycles. The van der Waals surface area contributed by atoms with Gasteiger partial charge >= 0.3 is 0 Å². The van der Waals surface area contributed by atoms with Crippen molar-refractivity contribution in [3.05, 3.63) is 42.0 Å². The Bertz CT molecular complexity index is 815. The molecule has 29 heavy (non-hydrogen) atoms. The Balaban J connectivity index is 0.00000300. The minimum atomic E-state index is 0. The molecule has 0 bridgehead atoms. The van der Waals surface area contributed by atoms with E-state index in [1.54, 1.807) is 4.68 Å². The molecule has 9 heteroatoms. The Kier molecular flexibility index (Phi) is 9.36. The molecule has 1 heterocycles. The van der Waals surface area contributed by atoms with Gasteiger partial charge in [-0.1, -0.05) is 25.0 Å². The van der Waals surface area contributed by atoms with Gasteiger partial charge in [0.25, 0.3) is 0 Å². The first-order valence-electron chi connectivity index (χ1n) is 9.90. The summed E-state index contributed by atoms with van der Waals surface area (Å²) in [6.07, 6.45) is 5.84. The third-order valence-corrected chi connectivity index (χ3v) is 4.90. The summed E-state index contributed by atoms with van der Waals surface area (Å²) in [7, 11) is 1.86. The Morgan fingerprint density at radius 3 is 2.76 bits per heavy atom. The molecular weight excluding hydrogens is 481 g/mol. The Morgan fingerprint density at radius 1 is 1.28 bits per heavy atom. The molecule has 0 unspecified atom stereocenters. The molecule has 1 aliphatic carbocycles. The topological polar surface area (TPSA) is 96.2 Å². The number of aryl methyl sites for hydroxylation is 1. The minimum absolute atomic E-state index is 0. The fourth-order valence-corrected chi connectivity index (χ4v) is 3.33. The monoisotopic (exact) mass is 511 g/mol. The average Bonchev–Trinajstić information content (AvgIpc) is 3.36. The summed E-state index contributed by atoms with van der Waals surface area (Å²) in [4.78, 5) is 21.2. The molecule has 0 aliphatic heterocycles. The number of anilines is 1. The Morgan fingerprint density at radius 2 is 2.07 bits per heavy atom. The number of carbonyl (C=O) groups excluding carboxylic acids is 1. The van der Waals surface area contributed by atoms with Crippen LogP contribution in [0.3, 0.4) is 0 Å². The maximum Gasteiger partial charge on any atom is 0.227 e. The predicted molar refractivity (Wildman–Crippen MR) is 125 cm³/mol. The fourth-order valence-electron chi connectivity index (χ4n) is 3.33. The molecule has 1 aromatic carbocycles. The van der Waals surface area contributed by atoms with Crippen LogP contribution in [0.1, 0.15) is 44.0 Å². The number of guanidine groups is 1. The number of aliphatic imine (C=N–C) groups is 1. The van der Waals surface area contributed by atoms with Crippen LogP contribution in [0.2, 0.25) is 0 Å².